The second-order valence-electron chi connectivity index (χ2n) is 9.73. The molecule has 2 rings (SSSR count). The number of hydrogen-bond donors (Lipinski definition) is 2. The summed E-state index contributed by atoms with van der Waals surface area (Å²) in [5.74, 6) is 0.749. The Morgan fingerprint density at radius 3 is 1.57 bits per heavy atom. The molecule has 1 saturated heterocycles. The number of unbranched alkanes of at least 4 members (excludes halogenated alkanes) is 10. The van der Waals surface area contributed by atoms with Crippen molar-refractivity contribution in [1.82, 2.24) is 10.6 Å². The molecule has 0 aromatic heterocycles. The van der Waals surface area contributed by atoms with Crippen LogP contribution in [0.3, 0.4) is 0 Å². The lowest BCUT2D eigenvalue weighted by Gasteiger charge is -2.39. The topological polar surface area (TPSA) is 42.5 Å². The highest BCUT2D eigenvalue weighted by molar-refractivity contribution is 4.86. The summed E-state index contributed by atoms with van der Waals surface area (Å²) in [7, 11) is 0. The lowest BCUT2D eigenvalue weighted by atomic mass is 9.84. The molecule has 0 radical (unpaired) electrons. The zero-order valence-electron chi connectivity index (χ0n) is 20.3. The van der Waals surface area contributed by atoms with Crippen LogP contribution >= 0.6 is 0 Å². The molecule has 178 valence electrons. The van der Waals surface area contributed by atoms with Crippen molar-refractivity contribution in [2.24, 2.45) is 5.92 Å². The van der Waals surface area contributed by atoms with E-state index in [1.165, 1.54) is 103 Å². The molecule has 0 amide bonds. The van der Waals surface area contributed by atoms with Gasteiger partial charge >= 0.3 is 0 Å². The zero-order valence-corrected chi connectivity index (χ0v) is 20.3. The lowest BCUT2D eigenvalue weighted by molar-refractivity contribution is -0.00282. The van der Waals surface area contributed by atoms with Crippen molar-refractivity contribution in [3.8, 4) is 0 Å². The van der Waals surface area contributed by atoms with Crippen molar-refractivity contribution in [2.75, 3.05) is 26.3 Å². The summed E-state index contributed by atoms with van der Waals surface area (Å²) in [5, 5.41) is 7.44. The highest BCUT2D eigenvalue weighted by Gasteiger charge is 2.30. The summed E-state index contributed by atoms with van der Waals surface area (Å²) in [5.41, 5.74) is 0. The first-order valence-corrected chi connectivity index (χ1v) is 13.5. The smallest absolute Gasteiger partial charge is 0.0824 e. The third kappa shape index (κ3) is 11.5. The maximum Gasteiger partial charge on any atom is 0.0824 e. The summed E-state index contributed by atoms with van der Waals surface area (Å²) in [4.78, 5) is 0. The second kappa shape index (κ2) is 17.4. The van der Waals surface area contributed by atoms with Crippen molar-refractivity contribution >= 4 is 0 Å². The number of nitrogens with one attached hydrogen (secondary N) is 2. The molecule has 2 N–H and O–H groups in total. The molecule has 30 heavy (non-hydrogen) atoms. The van der Waals surface area contributed by atoms with E-state index in [4.69, 9.17) is 9.47 Å². The average molecular weight is 425 g/mol. The normalized spacial score (nSPS) is 27.4. The molecule has 0 spiro atoms. The van der Waals surface area contributed by atoms with E-state index in [0.717, 1.165) is 32.2 Å². The number of hydrogen-bond acceptors (Lipinski definition) is 4. The van der Waals surface area contributed by atoms with Gasteiger partial charge in [-0.05, 0) is 44.4 Å². The van der Waals surface area contributed by atoms with E-state index in [1.807, 2.05) is 0 Å². The van der Waals surface area contributed by atoms with E-state index in [1.54, 1.807) is 0 Å². The molecule has 0 unspecified atom stereocenters. The van der Waals surface area contributed by atoms with Crippen molar-refractivity contribution in [3.63, 3.8) is 0 Å². The first-order valence-electron chi connectivity index (χ1n) is 13.5. The van der Waals surface area contributed by atoms with Gasteiger partial charge in [-0.1, -0.05) is 78.1 Å². The van der Waals surface area contributed by atoms with E-state index >= 15 is 0 Å². The van der Waals surface area contributed by atoms with Gasteiger partial charge in [0.15, 0.2) is 0 Å². The summed E-state index contributed by atoms with van der Waals surface area (Å²) in [6.07, 6.45) is 22.4. The maximum atomic E-state index is 6.17. The Hall–Kier alpha value is -0.160. The van der Waals surface area contributed by atoms with Crippen LogP contribution in [0.4, 0.5) is 0 Å². The highest BCUT2D eigenvalue weighted by Crippen LogP contribution is 2.29. The molecular weight excluding hydrogens is 372 g/mol. The van der Waals surface area contributed by atoms with Crippen LogP contribution in [0.5, 0.6) is 0 Å². The fourth-order valence-corrected chi connectivity index (χ4v) is 4.97. The monoisotopic (exact) mass is 424 g/mol. The highest BCUT2D eigenvalue weighted by atomic mass is 16.5. The number of rotatable bonds is 17. The first kappa shape index (κ1) is 26.1. The Kier molecular flexibility index (Phi) is 15.1. The van der Waals surface area contributed by atoms with Gasteiger partial charge in [0.1, 0.15) is 0 Å². The minimum atomic E-state index is 0.342. The summed E-state index contributed by atoms with van der Waals surface area (Å²) < 4.78 is 12.3. The SMILES string of the molecule is CCCCCCCCOC1CCC(C2NCC(OCCCCCCCC)CN2)CC1. The summed E-state index contributed by atoms with van der Waals surface area (Å²) >= 11 is 0. The van der Waals surface area contributed by atoms with E-state index in [-0.39, 0.29) is 0 Å². The van der Waals surface area contributed by atoms with E-state index in [9.17, 15) is 0 Å². The third-order valence-corrected chi connectivity index (χ3v) is 7.02. The van der Waals surface area contributed by atoms with Crippen LogP contribution < -0.4 is 10.6 Å². The van der Waals surface area contributed by atoms with Gasteiger partial charge in [-0.2, -0.15) is 0 Å². The van der Waals surface area contributed by atoms with Crippen molar-refractivity contribution < 1.29 is 9.47 Å². The minimum absolute atomic E-state index is 0.342. The Labute approximate surface area is 187 Å². The van der Waals surface area contributed by atoms with Crippen LogP contribution in [0.15, 0.2) is 0 Å². The van der Waals surface area contributed by atoms with E-state index in [0.29, 0.717) is 18.4 Å². The third-order valence-electron chi connectivity index (χ3n) is 7.02. The van der Waals surface area contributed by atoms with Crippen molar-refractivity contribution in [3.05, 3.63) is 0 Å². The van der Waals surface area contributed by atoms with Gasteiger partial charge in [-0.3, -0.25) is 10.6 Å². The van der Waals surface area contributed by atoms with Gasteiger partial charge in [0.25, 0.3) is 0 Å². The minimum Gasteiger partial charge on any atom is -0.378 e. The lowest BCUT2D eigenvalue weighted by Crippen LogP contribution is -2.59. The van der Waals surface area contributed by atoms with Crippen LogP contribution in [0, 0.1) is 5.92 Å². The maximum absolute atomic E-state index is 6.17. The molecule has 4 nitrogen and oxygen atoms in total. The van der Waals surface area contributed by atoms with Crippen LogP contribution in [0.1, 0.15) is 117 Å². The molecule has 4 heteroatoms. The van der Waals surface area contributed by atoms with Gasteiger partial charge < -0.3 is 9.47 Å². The van der Waals surface area contributed by atoms with Gasteiger partial charge in [0, 0.05) is 26.3 Å². The predicted molar refractivity (Wildman–Crippen MR) is 128 cm³/mol. The molecule has 0 aromatic rings. The zero-order chi connectivity index (χ0) is 21.3. The van der Waals surface area contributed by atoms with Crippen LogP contribution in [-0.2, 0) is 9.47 Å². The molecule has 1 aliphatic heterocycles. The molecule has 2 fully saturated rings. The Bertz CT molecular complexity index is 341. The molecule has 1 heterocycles. The van der Waals surface area contributed by atoms with E-state index in [2.05, 4.69) is 24.5 Å². The largest absolute Gasteiger partial charge is 0.378 e. The van der Waals surface area contributed by atoms with Gasteiger partial charge in [0.2, 0.25) is 0 Å². The molecule has 2 aliphatic rings. The fraction of sp³-hybridized carbons (Fsp3) is 1.00. The molecule has 0 bridgehead atoms. The molecular formula is C26H52N2O2. The Morgan fingerprint density at radius 2 is 1.03 bits per heavy atom. The molecule has 0 atom stereocenters. The Morgan fingerprint density at radius 1 is 0.567 bits per heavy atom. The van der Waals surface area contributed by atoms with Crippen molar-refractivity contribution in [2.45, 2.75) is 135 Å². The summed E-state index contributed by atoms with van der Waals surface area (Å²) in [6, 6.07) is 0. The Balaban J connectivity index is 1.44. The van der Waals surface area contributed by atoms with Crippen molar-refractivity contribution in [1.29, 1.82) is 0 Å². The standard InChI is InChI=1S/C26H52N2O2/c1-3-5-7-9-11-13-19-29-24-17-15-23(16-18-24)26-27-21-25(22-28-26)30-20-14-12-10-8-6-4-2/h23-28H,3-22H2,1-2H3. The molecule has 0 aromatic carbocycles. The van der Waals surface area contributed by atoms with Crippen LogP contribution in [-0.4, -0.2) is 44.7 Å². The fourth-order valence-electron chi connectivity index (χ4n) is 4.97. The van der Waals surface area contributed by atoms with E-state index < -0.39 is 0 Å². The summed E-state index contributed by atoms with van der Waals surface area (Å²) in [6.45, 7) is 8.45. The molecule has 1 aliphatic carbocycles. The average Bonchev–Trinajstić information content (AvgIpc) is 2.79. The van der Waals surface area contributed by atoms with Crippen LogP contribution in [0.25, 0.3) is 0 Å². The van der Waals surface area contributed by atoms with Gasteiger partial charge in [-0.15, -0.1) is 0 Å². The van der Waals surface area contributed by atoms with Crippen LogP contribution in [0.2, 0.25) is 0 Å². The number of ether oxygens (including phenoxy) is 2. The quantitative estimate of drug-likeness (QED) is 0.273. The molecule has 1 saturated carbocycles. The van der Waals surface area contributed by atoms with Gasteiger partial charge in [0.05, 0.1) is 18.4 Å². The van der Waals surface area contributed by atoms with Gasteiger partial charge in [-0.25, -0.2) is 0 Å². The first-order chi connectivity index (χ1) is 14.8. The second-order valence-corrected chi connectivity index (χ2v) is 9.73. The predicted octanol–water partition coefficient (Wildman–Crippen LogP) is 6.19.